The van der Waals surface area contributed by atoms with E-state index < -0.39 is 36.3 Å². The summed E-state index contributed by atoms with van der Waals surface area (Å²) < 4.78 is 73.5. The monoisotopic (exact) mass is 1140 g/mol. The van der Waals surface area contributed by atoms with Crippen LogP contribution in [0.2, 0.25) is 0 Å². The van der Waals surface area contributed by atoms with Crippen LogP contribution in [0, 0.1) is 11.6 Å². The van der Waals surface area contributed by atoms with Gasteiger partial charge in [0.05, 0.1) is 34.7 Å². The van der Waals surface area contributed by atoms with Gasteiger partial charge in [0.1, 0.15) is 33.7 Å². The summed E-state index contributed by atoms with van der Waals surface area (Å²) in [4.78, 5) is 0. The van der Waals surface area contributed by atoms with Crippen molar-refractivity contribution >= 4 is 70.7 Å². The smallest absolute Gasteiger partial charge is 0.423 e. The zero-order valence-corrected chi connectivity index (χ0v) is 52.5. The number of halogens is 2. The maximum absolute atomic E-state index is 20.0. The van der Waals surface area contributed by atoms with Gasteiger partial charge in [0.25, 0.3) is 0 Å². The first kappa shape index (κ1) is 63.2. The molecule has 1 saturated heterocycles. The van der Waals surface area contributed by atoms with Gasteiger partial charge in [-0.05, 0) is 64.5 Å². The van der Waals surface area contributed by atoms with E-state index in [2.05, 4.69) is 65.8 Å². The van der Waals surface area contributed by atoms with Crippen molar-refractivity contribution in [2.45, 2.75) is 309 Å². The van der Waals surface area contributed by atoms with Gasteiger partial charge in [0, 0.05) is 55.1 Å². The predicted molar refractivity (Wildman–Crippen MR) is 335 cm³/mol. The van der Waals surface area contributed by atoms with Crippen molar-refractivity contribution < 1.29 is 28.1 Å². The molecule has 14 heteroatoms. The third-order valence-corrected chi connectivity index (χ3v) is 20.7. The molecule has 0 bridgehead atoms. The highest BCUT2D eigenvalue weighted by molar-refractivity contribution is 7.00. The molecular formula is C66H100B2F2N4O4S2. The molecule has 0 atom stereocenters. The number of fused-ring (bicyclic) bond motifs is 10. The Bertz CT molecular complexity index is 2720. The normalized spacial score (nSPS) is 16.3. The Morgan fingerprint density at radius 1 is 0.425 bits per heavy atom. The van der Waals surface area contributed by atoms with Gasteiger partial charge in [-0.1, -0.05) is 245 Å². The first-order chi connectivity index (χ1) is 38.7. The van der Waals surface area contributed by atoms with E-state index in [1.54, 1.807) is 0 Å². The summed E-state index contributed by atoms with van der Waals surface area (Å²) in [6.45, 7) is 17.3. The average Bonchev–Trinajstić information content (AvgIpc) is 3.70. The standard InChI is InChI=1S/C66H100B2F2N4O4S2/c1-9-13-17-21-25-29-33-37-41-65(42-38-34-30-26-22-18-14-10-2)47-45-49(67(75)76)59-61(73-79-71-59)51(47)53-55(65)58(70)54-52-48(46-50(60-62(52)74-80-72-60)68-77-63(5,6)64(7,8)78-68)66(56(54)57(53)69,43-39-35-31-27-23-19-15-11-3)44-40-36-32-28-24-20-16-12-4/h45-46,75-76H,9-44H2,1-8H3. The van der Waals surface area contributed by atoms with Gasteiger partial charge in [-0.3, -0.25) is 0 Å². The summed E-state index contributed by atoms with van der Waals surface area (Å²) in [5.41, 5.74) is 4.44. The first-order valence-corrected chi connectivity index (χ1v) is 34.1. The molecule has 80 heavy (non-hydrogen) atoms. The van der Waals surface area contributed by atoms with Gasteiger partial charge in [-0.2, -0.15) is 17.5 Å². The second-order valence-corrected chi connectivity index (χ2v) is 26.9. The van der Waals surface area contributed by atoms with E-state index in [9.17, 15) is 10.0 Å². The molecule has 0 spiro atoms. The summed E-state index contributed by atoms with van der Waals surface area (Å²) in [5, 5.41) is 22.3. The Morgan fingerprint density at radius 3 is 1.07 bits per heavy atom. The van der Waals surface area contributed by atoms with Crippen LogP contribution in [0.15, 0.2) is 12.1 Å². The molecule has 3 heterocycles. The van der Waals surface area contributed by atoms with Crippen LogP contribution in [0.3, 0.4) is 0 Å². The summed E-state index contributed by atoms with van der Waals surface area (Å²) in [6.07, 6.45) is 38.6. The maximum Gasteiger partial charge on any atom is 0.497 e. The second kappa shape index (κ2) is 29.3. The van der Waals surface area contributed by atoms with E-state index in [0.717, 1.165) is 130 Å². The van der Waals surface area contributed by atoms with E-state index in [1.165, 1.54) is 116 Å². The molecule has 0 saturated carbocycles. The van der Waals surface area contributed by atoms with Gasteiger partial charge < -0.3 is 19.4 Å². The Labute approximate surface area is 490 Å². The lowest BCUT2D eigenvalue weighted by Gasteiger charge is -2.35. The molecule has 0 radical (unpaired) electrons. The first-order valence-electron chi connectivity index (χ1n) is 32.6. The highest BCUT2D eigenvalue weighted by atomic mass is 32.1. The molecule has 8 nitrogen and oxygen atoms in total. The van der Waals surface area contributed by atoms with E-state index in [4.69, 9.17) is 22.4 Å². The molecule has 3 aromatic carbocycles. The van der Waals surface area contributed by atoms with Crippen molar-refractivity contribution in [3.05, 3.63) is 46.0 Å². The van der Waals surface area contributed by atoms with Gasteiger partial charge in [-0.25, -0.2) is 8.78 Å². The minimum atomic E-state index is -1.83. The average molecular weight is 1140 g/mol. The fraction of sp³-hybridized carbons (Fsp3) is 0.727. The van der Waals surface area contributed by atoms with Crippen LogP contribution in [0.4, 0.5) is 8.78 Å². The number of benzene rings is 3. The number of rotatable bonds is 38. The largest absolute Gasteiger partial charge is 0.497 e. The van der Waals surface area contributed by atoms with Crippen LogP contribution in [-0.2, 0) is 20.1 Å². The van der Waals surface area contributed by atoms with E-state index >= 15 is 8.78 Å². The molecule has 440 valence electrons. The summed E-state index contributed by atoms with van der Waals surface area (Å²) in [7, 11) is -2.58. The number of aromatic nitrogens is 4. The van der Waals surface area contributed by atoms with Gasteiger partial charge in [0.15, 0.2) is 0 Å². The van der Waals surface area contributed by atoms with E-state index in [0.29, 0.717) is 81.1 Å². The zero-order valence-electron chi connectivity index (χ0n) is 50.8. The van der Waals surface area contributed by atoms with E-state index in [-0.39, 0.29) is 17.1 Å². The third-order valence-electron chi connectivity index (χ3n) is 19.6. The SMILES string of the molecule is CCCCCCCCCCC1(CCCCCCCCCC)c2cc(B(O)O)c3nsnc3c2-c2c(F)c3c(c(F)c21)-c1c(cc(B2OC(C)(C)C(C)(C)O2)c2nsnc12)C3(CCCCCCCCCC)CCCCCCCCCC. The molecule has 2 aromatic heterocycles. The van der Waals surface area contributed by atoms with Gasteiger partial charge in [-0.15, -0.1) is 0 Å². The topological polar surface area (TPSA) is 110 Å². The molecule has 2 N–H and O–H groups in total. The predicted octanol–water partition coefficient (Wildman–Crippen LogP) is 18.6. The summed E-state index contributed by atoms with van der Waals surface area (Å²) in [6, 6.07) is 4.06. The molecule has 1 fully saturated rings. The molecule has 1 aliphatic heterocycles. The van der Waals surface area contributed by atoms with Crippen molar-refractivity contribution in [3.63, 3.8) is 0 Å². The highest BCUT2D eigenvalue weighted by Crippen LogP contribution is 2.65. The number of unbranched alkanes of at least 4 members (excludes halogenated alkanes) is 28. The fourth-order valence-corrected chi connectivity index (χ4v) is 15.5. The zero-order chi connectivity index (χ0) is 56.9. The van der Waals surface area contributed by atoms with Crippen molar-refractivity contribution in [2.75, 3.05) is 0 Å². The molecule has 8 rings (SSSR count). The van der Waals surface area contributed by atoms with Crippen molar-refractivity contribution in [1.82, 2.24) is 17.5 Å². The Kier molecular flexibility index (Phi) is 23.1. The molecular weight excluding hydrogens is 1040 g/mol. The molecule has 0 amide bonds. The summed E-state index contributed by atoms with van der Waals surface area (Å²) >= 11 is 2.12. The third kappa shape index (κ3) is 13.3. The highest BCUT2D eigenvalue weighted by Gasteiger charge is 2.57. The lowest BCUT2D eigenvalue weighted by Crippen LogP contribution is -2.41. The lowest BCUT2D eigenvalue weighted by molar-refractivity contribution is 0.00578. The molecule has 3 aliphatic rings. The van der Waals surface area contributed by atoms with Gasteiger partial charge in [0.2, 0.25) is 0 Å². The lowest BCUT2D eigenvalue weighted by atomic mass is 9.66. The number of nitrogens with zero attached hydrogens (tertiary/aromatic N) is 4. The fourth-order valence-electron chi connectivity index (χ4n) is 14.4. The van der Waals surface area contributed by atoms with Crippen molar-refractivity contribution in [3.8, 4) is 22.3 Å². The molecule has 2 aliphatic carbocycles. The summed E-state index contributed by atoms with van der Waals surface area (Å²) in [5.74, 6) is -0.719. The van der Waals surface area contributed by atoms with Crippen molar-refractivity contribution in [2.24, 2.45) is 0 Å². The minimum absolute atomic E-state index is 0.249. The van der Waals surface area contributed by atoms with Crippen LogP contribution >= 0.6 is 23.5 Å². The quantitative estimate of drug-likeness (QED) is 0.0297. The molecule has 5 aromatic rings. The number of hydrogen-bond acceptors (Lipinski definition) is 10. The van der Waals surface area contributed by atoms with Gasteiger partial charge >= 0.3 is 14.2 Å². The van der Waals surface area contributed by atoms with Crippen LogP contribution in [-0.4, -0.2) is 53.0 Å². The van der Waals surface area contributed by atoms with Crippen LogP contribution in [0.5, 0.6) is 0 Å². The maximum atomic E-state index is 20.0. The van der Waals surface area contributed by atoms with Crippen LogP contribution in [0.1, 0.15) is 309 Å². The number of hydrogen-bond donors (Lipinski definition) is 2. The van der Waals surface area contributed by atoms with Crippen molar-refractivity contribution in [1.29, 1.82) is 0 Å². The Hall–Kier alpha value is -2.87. The molecule has 0 unspecified atom stereocenters. The minimum Gasteiger partial charge on any atom is -0.423 e. The second-order valence-electron chi connectivity index (χ2n) is 25.9. The van der Waals surface area contributed by atoms with Crippen LogP contribution < -0.4 is 10.9 Å². The van der Waals surface area contributed by atoms with Crippen LogP contribution in [0.25, 0.3) is 44.3 Å². The van der Waals surface area contributed by atoms with E-state index in [1.807, 2.05) is 6.07 Å². The Balaban J connectivity index is 1.35. The Morgan fingerprint density at radius 2 is 0.725 bits per heavy atom.